The smallest absolute Gasteiger partial charge is 0.256 e. The number of rotatable bonds is 3. The van der Waals surface area contributed by atoms with Gasteiger partial charge in [0.25, 0.3) is 5.91 Å². The van der Waals surface area contributed by atoms with Crippen molar-refractivity contribution in [2.75, 3.05) is 24.3 Å². The lowest BCUT2D eigenvalue weighted by atomic mass is 10.0. The first kappa shape index (κ1) is 19.2. The largest absolute Gasteiger partial charge is 0.506 e. The lowest BCUT2D eigenvalue weighted by Gasteiger charge is -2.06. The Kier molecular flexibility index (Phi) is 5.03. The minimum absolute atomic E-state index is 0.126. The lowest BCUT2D eigenvalue weighted by Crippen LogP contribution is -2.07. The van der Waals surface area contributed by atoms with Gasteiger partial charge in [-0.15, -0.1) is 11.3 Å². The first-order valence-corrected chi connectivity index (χ1v) is 10.8. The van der Waals surface area contributed by atoms with Crippen molar-refractivity contribution >= 4 is 71.6 Å². The molecule has 28 heavy (non-hydrogen) atoms. The number of hydrogen-bond donors (Lipinski definition) is 2. The Morgan fingerprint density at radius 3 is 2.54 bits per heavy atom. The van der Waals surface area contributed by atoms with Gasteiger partial charge in [0.1, 0.15) is 5.75 Å². The van der Waals surface area contributed by atoms with Gasteiger partial charge in [0, 0.05) is 41.9 Å². The Labute approximate surface area is 183 Å². The SMILES string of the molecule is CN(C)c1nc(-c2ccc3c(c2)C(=Cc2cc(Br)c(O)c(Br)c2)C(=O)N3)cs1. The zero-order valence-corrected chi connectivity index (χ0v) is 18.9. The Balaban J connectivity index is 1.78. The normalized spacial score (nSPS) is 14.3. The Morgan fingerprint density at radius 1 is 1.18 bits per heavy atom. The highest BCUT2D eigenvalue weighted by Gasteiger charge is 2.25. The molecule has 0 saturated heterocycles. The molecule has 4 rings (SSSR count). The maximum atomic E-state index is 12.5. The Bertz CT molecular complexity index is 1120. The van der Waals surface area contributed by atoms with Crippen molar-refractivity contribution in [1.82, 2.24) is 4.98 Å². The molecule has 142 valence electrons. The number of phenolic OH excluding ortho intramolecular Hbond substituents is 1. The third-order valence-corrected chi connectivity index (χ3v) is 6.54. The van der Waals surface area contributed by atoms with Gasteiger partial charge in [-0.05, 0) is 67.8 Å². The highest BCUT2D eigenvalue weighted by molar-refractivity contribution is 9.11. The van der Waals surface area contributed by atoms with Crippen LogP contribution < -0.4 is 10.2 Å². The van der Waals surface area contributed by atoms with E-state index in [0.717, 1.165) is 33.2 Å². The molecule has 2 aromatic carbocycles. The number of anilines is 2. The zero-order chi connectivity index (χ0) is 20.0. The average Bonchev–Trinajstić information content (AvgIpc) is 3.25. The minimum atomic E-state index is -0.153. The number of thiazole rings is 1. The molecular weight excluding hydrogens is 506 g/mol. The molecule has 0 bridgehead atoms. The van der Waals surface area contributed by atoms with Crippen molar-refractivity contribution in [3.05, 3.63) is 55.8 Å². The summed E-state index contributed by atoms with van der Waals surface area (Å²) < 4.78 is 1.11. The number of aromatic nitrogens is 1. The van der Waals surface area contributed by atoms with E-state index in [1.807, 2.05) is 48.7 Å². The van der Waals surface area contributed by atoms with Gasteiger partial charge in [0.2, 0.25) is 0 Å². The number of hydrogen-bond acceptors (Lipinski definition) is 5. The van der Waals surface area contributed by atoms with E-state index >= 15 is 0 Å². The van der Waals surface area contributed by atoms with E-state index in [4.69, 9.17) is 0 Å². The zero-order valence-electron chi connectivity index (χ0n) is 15.0. The summed E-state index contributed by atoms with van der Waals surface area (Å²) in [4.78, 5) is 19.2. The summed E-state index contributed by atoms with van der Waals surface area (Å²) in [5.41, 5.74) is 4.82. The maximum absolute atomic E-state index is 12.5. The van der Waals surface area contributed by atoms with Crippen LogP contribution in [0.3, 0.4) is 0 Å². The molecule has 0 saturated carbocycles. The molecule has 1 aromatic heterocycles. The van der Waals surface area contributed by atoms with Crippen LogP contribution >= 0.6 is 43.2 Å². The van der Waals surface area contributed by atoms with Crippen LogP contribution in [-0.2, 0) is 4.79 Å². The summed E-state index contributed by atoms with van der Waals surface area (Å²) in [5, 5.41) is 15.7. The van der Waals surface area contributed by atoms with E-state index in [9.17, 15) is 9.90 Å². The summed E-state index contributed by atoms with van der Waals surface area (Å²) >= 11 is 8.23. The molecule has 5 nitrogen and oxygen atoms in total. The first-order valence-electron chi connectivity index (χ1n) is 8.32. The number of aromatic hydroxyl groups is 1. The second-order valence-electron chi connectivity index (χ2n) is 6.52. The molecule has 1 amide bonds. The van der Waals surface area contributed by atoms with E-state index in [1.54, 1.807) is 23.5 Å². The molecule has 2 N–H and O–H groups in total. The predicted molar refractivity (Wildman–Crippen MR) is 122 cm³/mol. The second-order valence-corrected chi connectivity index (χ2v) is 9.06. The molecule has 8 heteroatoms. The van der Waals surface area contributed by atoms with Crippen LogP contribution in [0, 0.1) is 0 Å². The number of halogens is 2. The number of carbonyl (C=O) groups is 1. The van der Waals surface area contributed by atoms with Crippen molar-refractivity contribution in [2.24, 2.45) is 0 Å². The van der Waals surface area contributed by atoms with Gasteiger partial charge in [-0.1, -0.05) is 6.07 Å². The van der Waals surface area contributed by atoms with Crippen LogP contribution in [0.4, 0.5) is 10.8 Å². The molecule has 2 heterocycles. The van der Waals surface area contributed by atoms with E-state index in [1.165, 1.54) is 0 Å². The molecule has 3 aromatic rings. The minimum Gasteiger partial charge on any atom is -0.506 e. The topological polar surface area (TPSA) is 65.5 Å². The summed E-state index contributed by atoms with van der Waals surface area (Å²) in [7, 11) is 3.92. The maximum Gasteiger partial charge on any atom is 0.256 e. The third-order valence-electron chi connectivity index (χ3n) is 4.32. The summed E-state index contributed by atoms with van der Waals surface area (Å²) in [6.07, 6.45) is 1.81. The summed E-state index contributed by atoms with van der Waals surface area (Å²) in [5.74, 6) is -0.0272. The highest BCUT2D eigenvalue weighted by Crippen LogP contribution is 2.39. The van der Waals surface area contributed by atoms with Gasteiger partial charge in [-0.25, -0.2) is 4.98 Å². The summed E-state index contributed by atoms with van der Waals surface area (Å²) in [6.45, 7) is 0. The molecular formula is C20H15Br2N3O2S. The van der Waals surface area contributed by atoms with Crippen molar-refractivity contribution in [3.63, 3.8) is 0 Å². The number of nitrogens with one attached hydrogen (secondary N) is 1. The van der Waals surface area contributed by atoms with E-state index in [2.05, 4.69) is 42.2 Å². The number of benzene rings is 2. The molecule has 1 aliphatic rings. The van der Waals surface area contributed by atoms with E-state index in [-0.39, 0.29) is 11.7 Å². The highest BCUT2D eigenvalue weighted by atomic mass is 79.9. The number of phenols is 1. The van der Waals surface area contributed by atoms with Crippen LogP contribution in [0.5, 0.6) is 5.75 Å². The standard InChI is InChI=1S/C20H15Br2N3O2S/c1-25(2)20-24-17(9-28-20)11-3-4-16-12(8-11)13(19(27)23-16)5-10-6-14(21)18(26)15(22)7-10/h3-9,26H,1-2H3,(H,23,27). The van der Waals surface area contributed by atoms with E-state index in [0.29, 0.717) is 14.5 Å². The molecule has 0 radical (unpaired) electrons. The van der Waals surface area contributed by atoms with Gasteiger partial charge in [-0.2, -0.15) is 0 Å². The molecule has 0 fully saturated rings. The van der Waals surface area contributed by atoms with E-state index < -0.39 is 0 Å². The Morgan fingerprint density at radius 2 is 1.89 bits per heavy atom. The Hall–Kier alpha value is -2.16. The molecule has 1 aliphatic heterocycles. The van der Waals surface area contributed by atoms with Crippen LogP contribution in [0.2, 0.25) is 0 Å². The van der Waals surface area contributed by atoms with Crippen molar-refractivity contribution in [2.45, 2.75) is 0 Å². The van der Waals surface area contributed by atoms with Crippen LogP contribution in [-0.4, -0.2) is 30.1 Å². The van der Waals surface area contributed by atoms with Gasteiger partial charge in [0.15, 0.2) is 5.13 Å². The number of nitrogens with zero attached hydrogens (tertiary/aromatic N) is 2. The van der Waals surface area contributed by atoms with Gasteiger partial charge in [0.05, 0.1) is 14.6 Å². The van der Waals surface area contributed by atoms with Crippen molar-refractivity contribution in [1.29, 1.82) is 0 Å². The van der Waals surface area contributed by atoms with Gasteiger partial charge >= 0.3 is 0 Å². The van der Waals surface area contributed by atoms with Crippen molar-refractivity contribution < 1.29 is 9.90 Å². The number of fused-ring (bicyclic) bond motifs is 1. The van der Waals surface area contributed by atoms with Crippen LogP contribution in [0.15, 0.2) is 44.7 Å². The average molecular weight is 521 g/mol. The lowest BCUT2D eigenvalue weighted by molar-refractivity contribution is -0.110. The fourth-order valence-electron chi connectivity index (χ4n) is 2.93. The molecule has 0 atom stereocenters. The molecule has 0 aliphatic carbocycles. The van der Waals surface area contributed by atoms with Crippen LogP contribution in [0.25, 0.3) is 22.9 Å². The fraction of sp³-hybridized carbons (Fsp3) is 0.100. The number of carbonyl (C=O) groups excluding carboxylic acids is 1. The van der Waals surface area contributed by atoms with Gasteiger partial charge < -0.3 is 15.3 Å². The van der Waals surface area contributed by atoms with Crippen LogP contribution in [0.1, 0.15) is 11.1 Å². The number of amides is 1. The second kappa shape index (κ2) is 7.35. The van der Waals surface area contributed by atoms with Gasteiger partial charge in [-0.3, -0.25) is 4.79 Å². The monoisotopic (exact) mass is 519 g/mol. The third kappa shape index (κ3) is 3.47. The molecule has 0 unspecified atom stereocenters. The quantitative estimate of drug-likeness (QED) is 0.441. The summed E-state index contributed by atoms with van der Waals surface area (Å²) in [6, 6.07) is 9.39. The fourth-order valence-corrected chi connectivity index (χ4v) is 4.92. The van der Waals surface area contributed by atoms with Crippen molar-refractivity contribution in [3.8, 4) is 17.0 Å². The predicted octanol–water partition coefficient (Wildman–Crippen LogP) is 5.60. The first-order chi connectivity index (χ1) is 13.3. The molecule has 0 spiro atoms.